The number of rotatable bonds is 4. The molecule has 4 rings (SSSR count). The van der Waals surface area contributed by atoms with Crippen LogP contribution in [-0.2, 0) is 6.54 Å². The van der Waals surface area contributed by atoms with Gasteiger partial charge in [-0.2, -0.15) is 0 Å². The Kier molecular flexibility index (Phi) is 4.08. The van der Waals surface area contributed by atoms with Crippen LogP contribution >= 0.6 is 0 Å². The summed E-state index contributed by atoms with van der Waals surface area (Å²) in [4.78, 5) is 27.2. The van der Waals surface area contributed by atoms with Gasteiger partial charge in [0.15, 0.2) is 0 Å². The van der Waals surface area contributed by atoms with Gasteiger partial charge in [0.25, 0.3) is 11.8 Å². The van der Waals surface area contributed by atoms with E-state index in [-0.39, 0.29) is 11.8 Å². The highest BCUT2D eigenvalue weighted by Gasteiger charge is 2.32. The summed E-state index contributed by atoms with van der Waals surface area (Å²) in [6.07, 6.45) is 1.09. The molecule has 0 saturated heterocycles. The molecule has 0 aliphatic carbocycles. The Morgan fingerprint density at radius 1 is 0.846 bits per heavy atom. The van der Waals surface area contributed by atoms with E-state index >= 15 is 0 Å². The zero-order chi connectivity index (χ0) is 18.3. The first-order valence-corrected chi connectivity index (χ1v) is 9.07. The standard InChI is InChI=1S/C23H21NO2/c1-3-15(2)17-12-10-16(11-13-17)14-24-22(25)19-8-4-6-18-7-5-9-20(21(18)19)23(24)26/h4-13,15H,3,14H2,1-2H3. The smallest absolute Gasteiger partial charge is 0.261 e. The molecule has 3 nitrogen and oxygen atoms in total. The van der Waals surface area contributed by atoms with Gasteiger partial charge in [-0.25, -0.2) is 0 Å². The Morgan fingerprint density at radius 2 is 1.42 bits per heavy atom. The molecule has 3 aromatic rings. The zero-order valence-corrected chi connectivity index (χ0v) is 15.0. The molecule has 0 bridgehead atoms. The van der Waals surface area contributed by atoms with Crippen LogP contribution in [0.2, 0.25) is 0 Å². The molecule has 130 valence electrons. The minimum absolute atomic E-state index is 0.217. The van der Waals surface area contributed by atoms with Crippen molar-refractivity contribution in [1.29, 1.82) is 0 Å². The summed E-state index contributed by atoms with van der Waals surface area (Å²) in [5.41, 5.74) is 3.45. The number of hydrogen-bond acceptors (Lipinski definition) is 2. The maximum atomic E-state index is 12.9. The third-order valence-corrected chi connectivity index (χ3v) is 5.36. The van der Waals surface area contributed by atoms with Crippen molar-refractivity contribution >= 4 is 22.6 Å². The van der Waals surface area contributed by atoms with E-state index in [0.29, 0.717) is 23.6 Å². The molecule has 1 atom stereocenters. The van der Waals surface area contributed by atoms with E-state index in [9.17, 15) is 9.59 Å². The molecule has 0 radical (unpaired) electrons. The van der Waals surface area contributed by atoms with Crippen LogP contribution in [0.15, 0.2) is 60.7 Å². The van der Waals surface area contributed by atoms with Crippen molar-refractivity contribution in [1.82, 2.24) is 4.90 Å². The molecule has 0 aromatic heterocycles. The number of imide groups is 1. The van der Waals surface area contributed by atoms with E-state index in [0.717, 1.165) is 22.8 Å². The highest BCUT2D eigenvalue weighted by atomic mass is 16.2. The maximum absolute atomic E-state index is 12.9. The second-order valence-corrected chi connectivity index (χ2v) is 6.96. The predicted molar refractivity (Wildman–Crippen MR) is 103 cm³/mol. The first-order valence-electron chi connectivity index (χ1n) is 9.07. The van der Waals surface area contributed by atoms with Crippen molar-refractivity contribution in [3.05, 3.63) is 82.9 Å². The van der Waals surface area contributed by atoms with Crippen LogP contribution in [0.25, 0.3) is 10.8 Å². The SMILES string of the molecule is CCC(C)c1ccc(CN2C(=O)c3cccc4cccc(c34)C2=O)cc1. The molecule has 0 fully saturated rings. The molecular formula is C23H21NO2. The molecule has 1 unspecified atom stereocenters. The third-order valence-electron chi connectivity index (χ3n) is 5.36. The largest absolute Gasteiger partial charge is 0.270 e. The lowest BCUT2D eigenvalue weighted by Gasteiger charge is -2.27. The van der Waals surface area contributed by atoms with Gasteiger partial charge in [-0.3, -0.25) is 14.5 Å². The van der Waals surface area contributed by atoms with Gasteiger partial charge in [-0.15, -0.1) is 0 Å². The number of hydrogen-bond donors (Lipinski definition) is 0. The van der Waals surface area contributed by atoms with Crippen molar-refractivity contribution in [3.8, 4) is 0 Å². The monoisotopic (exact) mass is 343 g/mol. The van der Waals surface area contributed by atoms with E-state index in [1.54, 1.807) is 12.1 Å². The van der Waals surface area contributed by atoms with Crippen molar-refractivity contribution < 1.29 is 9.59 Å². The normalized spacial score (nSPS) is 14.8. The number of benzene rings is 3. The van der Waals surface area contributed by atoms with Crippen LogP contribution in [0, 0.1) is 0 Å². The molecule has 2 amide bonds. The average Bonchev–Trinajstić information content (AvgIpc) is 2.69. The molecule has 1 aliphatic rings. The second-order valence-electron chi connectivity index (χ2n) is 6.96. The summed E-state index contributed by atoms with van der Waals surface area (Å²) in [5, 5.41) is 1.70. The molecule has 0 spiro atoms. The van der Waals surface area contributed by atoms with Gasteiger partial charge in [-0.05, 0) is 41.0 Å². The van der Waals surface area contributed by atoms with Crippen LogP contribution in [-0.4, -0.2) is 16.7 Å². The molecule has 0 N–H and O–H groups in total. The summed E-state index contributed by atoms with van der Waals surface area (Å²) in [7, 11) is 0. The lowest BCUT2D eigenvalue weighted by molar-refractivity contribution is 0.0598. The van der Waals surface area contributed by atoms with Crippen molar-refractivity contribution in [2.45, 2.75) is 32.7 Å². The Hall–Kier alpha value is -2.94. The average molecular weight is 343 g/mol. The Bertz CT molecular complexity index is 954. The molecule has 26 heavy (non-hydrogen) atoms. The predicted octanol–water partition coefficient (Wildman–Crippen LogP) is 5.15. The van der Waals surface area contributed by atoms with Gasteiger partial charge >= 0.3 is 0 Å². The summed E-state index contributed by atoms with van der Waals surface area (Å²) < 4.78 is 0. The Morgan fingerprint density at radius 3 is 1.96 bits per heavy atom. The number of carbonyl (C=O) groups excluding carboxylic acids is 2. The zero-order valence-electron chi connectivity index (χ0n) is 15.0. The second kappa shape index (κ2) is 6.41. The van der Waals surface area contributed by atoms with Crippen LogP contribution < -0.4 is 0 Å². The van der Waals surface area contributed by atoms with E-state index in [4.69, 9.17) is 0 Å². The van der Waals surface area contributed by atoms with Crippen LogP contribution in [0.3, 0.4) is 0 Å². The van der Waals surface area contributed by atoms with Crippen LogP contribution in [0.1, 0.15) is 58.0 Å². The van der Waals surface area contributed by atoms with Gasteiger partial charge in [-0.1, -0.05) is 62.4 Å². The summed E-state index contributed by atoms with van der Waals surface area (Å²) in [6.45, 7) is 4.66. The van der Waals surface area contributed by atoms with E-state index < -0.39 is 0 Å². The molecule has 3 aromatic carbocycles. The topological polar surface area (TPSA) is 37.4 Å². The van der Waals surface area contributed by atoms with Gasteiger partial charge in [0.05, 0.1) is 6.54 Å². The number of amides is 2. The lowest BCUT2D eigenvalue weighted by Crippen LogP contribution is -2.39. The van der Waals surface area contributed by atoms with Crippen LogP contribution in [0.4, 0.5) is 0 Å². The Balaban J connectivity index is 1.68. The minimum Gasteiger partial charge on any atom is -0.270 e. The lowest BCUT2D eigenvalue weighted by atomic mass is 9.93. The summed E-state index contributed by atoms with van der Waals surface area (Å²) in [5.74, 6) is 0.0717. The maximum Gasteiger partial charge on any atom is 0.261 e. The quantitative estimate of drug-likeness (QED) is 0.614. The fourth-order valence-electron chi connectivity index (χ4n) is 3.59. The van der Waals surface area contributed by atoms with Gasteiger partial charge in [0.2, 0.25) is 0 Å². The summed E-state index contributed by atoms with van der Waals surface area (Å²) in [6, 6.07) is 19.4. The summed E-state index contributed by atoms with van der Waals surface area (Å²) >= 11 is 0. The van der Waals surface area contributed by atoms with Crippen LogP contribution in [0.5, 0.6) is 0 Å². The molecule has 1 aliphatic heterocycles. The van der Waals surface area contributed by atoms with E-state index in [1.165, 1.54) is 10.5 Å². The Labute approximate surface area is 153 Å². The third kappa shape index (κ3) is 2.60. The van der Waals surface area contributed by atoms with Gasteiger partial charge in [0, 0.05) is 16.5 Å². The fourth-order valence-corrected chi connectivity index (χ4v) is 3.59. The highest BCUT2D eigenvalue weighted by molar-refractivity contribution is 6.25. The first kappa shape index (κ1) is 16.5. The number of nitrogens with zero attached hydrogens (tertiary/aromatic N) is 1. The highest BCUT2D eigenvalue weighted by Crippen LogP contribution is 2.31. The van der Waals surface area contributed by atoms with Gasteiger partial charge in [0.1, 0.15) is 0 Å². The van der Waals surface area contributed by atoms with Gasteiger partial charge < -0.3 is 0 Å². The fraction of sp³-hybridized carbons (Fsp3) is 0.217. The van der Waals surface area contributed by atoms with Crippen molar-refractivity contribution in [2.24, 2.45) is 0 Å². The molecule has 3 heteroatoms. The molecular weight excluding hydrogens is 322 g/mol. The first-order chi connectivity index (χ1) is 12.6. The molecule has 1 heterocycles. The van der Waals surface area contributed by atoms with Crippen molar-refractivity contribution in [3.63, 3.8) is 0 Å². The van der Waals surface area contributed by atoms with E-state index in [2.05, 4.69) is 26.0 Å². The van der Waals surface area contributed by atoms with Crippen molar-refractivity contribution in [2.75, 3.05) is 0 Å². The molecule has 0 saturated carbocycles. The minimum atomic E-state index is -0.217. The van der Waals surface area contributed by atoms with E-state index in [1.807, 2.05) is 36.4 Å². The number of carbonyl (C=O) groups is 2.